The molecular weight excluding hydrogens is 330 g/mol. The van der Waals surface area contributed by atoms with E-state index in [1.54, 1.807) is 0 Å². The second-order valence-corrected chi connectivity index (χ2v) is 7.50. The van der Waals surface area contributed by atoms with Crippen molar-refractivity contribution < 1.29 is 4.79 Å². The number of nitrogens with zero attached hydrogens (tertiary/aromatic N) is 1. The molecule has 2 nitrogen and oxygen atoms in total. The first-order valence-electron chi connectivity index (χ1n) is 9.65. The first-order valence-corrected chi connectivity index (χ1v) is 9.65. The van der Waals surface area contributed by atoms with Gasteiger partial charge in [0.15, 0.2) is 0 Å². The zero-order chi connectivity index (χ0) is 18.7. The molecule has 1 aliphatic heterocycles. The first-order chi connectivity index (χ1) is 13.2. The van der Waals surface area contributed by atoms with Crippen LogP contribution in [0, 0.1) is 0 Å². The molecule has 0 bridgehead atoms. The number of carbonyl (C=O) groups is 1. The van der Waals surface area contributed by atoms with Gasteiger partial charge in [0, 0.05) is 19.0 Å². The monoisotopic (exact) mass is 355 g/mol. The summed E-state index contributed by atoms with van der Waals surface area (Å²) < 4.78 is 0. The minimum Gasteiger partial charge on any atom is -0.341 e. The average molecular weight is 355 g/mol. The van der Waals surface area contributed by atoms with E-state index in [1.165, 1.54) is 5.56 Å². The third-order valence-corrected chi connectivity index (χ3v) is 5.88. The van der Waals surface area contributed by atoms with E-state index in [-0.39, 0.29) is 5.91 Å². The Morgan fingerprint density at radius 1 is 0.815 bits per heavy atom. The van der Waals surface area contributed by atoms with Crippen LogP contribution in [-0.4, -0.2) is 23.9 Å². The molecule has 136 valence electrons. The van der Waals surface area contributed by atoms with Crippen LogP contribution in [0.25, 0.3) is 0 Å². The van der Waals surface area contributed by atoms with Crippen molar-refractivity contribution in [1.29, 1.82) is 0 Å². The number of amides is 1. The maximum absolute atomic E-state index is 13.8. The molecule has 0 unspecified atom stereocenters. The van der Waals surface area contributed by atoms with Crippen LogP contribution in [0.5, 0.6) is 0 Å². The van der Waals surface area contributed by atoms with Crippen LogP contribution < -0.4 is 0 Å². The highest BCUT2D eigenvalue weighted by Crippen LogP contribution is 2.37. The predicted molar refractivity (Wildman–Crippen MR) is 110 cm³/mol. The summed E-state index contributed by atoms with van der Waals surface area (Å²) in [5.74, 6) is 0.615. The Morgan fingerprint density at radius 2 is 1.30 bits per heavy atom. The third-order valence-electron chi connectivity index (χ3n) is 5.88. The zero-order valence-corrected chi connectivity index (χ0v) is 15.7. The molecule has 0 radical (unpaired) electrons. The van der Waals surface area contributed by atoms with E-state index in [2.05, 4.69) is 60.4 Å². The third kappa shape index (κ3) is 3.28. The van der Waals surface area contributed by atoms with Crippen molar-refractivity contribution in [3.05, 3.63) is 108 Å². The Hall–Kier alpha value is -2.87. The fraction of sp³-hybridized carbons (Fsp3) is 0.240. The molecule has 1 heterocycles. The summed E-state index contributed by atoms with van der Waals surface area (Å²) in [4.78, 5) is 15.8. The normalized spacial score (nSPS) is 17.1. The zero-order valence-electron chi connectivity index (χ0n) is 15.7. The van der Waals surface area contributed by atoms with E-state index in [0.29, 0.717) is 5.92 Å². The molecule has 2 heteroatoms. The second kappa shape index (κ2) is 7.40. The van der Waals surface area contributed by atoms with Crippen molar-refractivity contribution in [2.24, 2.45) is 0 Å². The summed E-state index contributed by atoms with van der Waals surface area (Å²) in [6.45, 7) is 3.67. The molecule has 27 heavy (non-hydrogen) atoms. The largest absolute Gasteiger partial charge is 0.341 e. The van der Waals surface area contributed by atoms with Crippen LogP contribution in [-0.2, 0) is 10.2 Å². The van der Waals surface area contributed by atoms with Crippen LogP contribution in [0.2, 0.25) is 0 Å². The molecule has 1 saturated heterocycles. The molecule has 4 rings (SSSR count). The quantitative estimate of drug-likeness (QED) is 0.644. The van der Waals surface area contributed by atoms with Crippen LogP contribution in [0.3, 0.4) is 0 Å². The number of hydrogen-bond donors (Lipinski definition) is 0. The first kappa shape index (κ1) is 17.5. The van der Waals surface area contributed by atoms with E-state index < -0.39 is 5.41 Å². The van der Waals surface area contributed by atoms with E-state index >= 15 is 0 Å². The molecule has 3 aromatic carbocycles. The molecule has 0 spiro atoms. The highest BCUT2D eigenvalue weighted by Gasteiger charge is 2.42. The molecule has 0 aromatic heterocycles. The summed E-state index contributed by atoms with van der Waals surface area (Å²) in [7, 11) is 0. The van der Waals surface area contributed by atoms with Crippen molar-refractivity contribution in [3.63, 3.8) is 0 Å². The Kier molecular flexibility index (Phi) is 4.81. The topological polar surface area (TPSA) is 20.3 Å². The van der Waals surface area contributed by atoms with Gasteiger partial charge in [0.25, 0.3) is 0 Å². The Balaban J connectivity index is 1.66. The van der Waals surface area contributed by atoms with Gasteiger partial charge in [0.2, 0.25) is 5.91 Å². The highest BCUT2D eigenvalue weighted by atomic mass is 16.2. The van der Waals surface area contributed by atoms with Gasteiger partial charge in [-0.1, -0.05) is 91.0 Å². The highest BCUT2D eigenvalue weighted by molar-refractivity contribution is 5.92. The van der Waals surface area contributed by atoms with Crippen molar-refractivity contribution >= 4 is 5.91 Å². The van der Waals surface area contributed by atoms with E-state index in [9.17, 15) is 4.79 Å². The molecule has 1 amide bonds. The predicted octanol–water partition coefficient (Wildman–Crippen LogP) is 5.01. The second-order valence-electron chi connectivity index (χ2n) is 7.50. The van der Waals surface area contributed by atoms with Crippen LogP contribution in [0.4, 0.5) is 0 Å². The van der Waals surface area contributed by atoms with Crippen LogP contribution in [0.1, 0.15) is 36.0 Å². The fourth-order valence-electron chi connectivity index (χ4n) is 4.21. The number of rotatable bonds is 4. The molecule has 0 N–H and O–H groups in total. The number of benzene rings is 3. The van der Waals surface area contributed by atoms with Crippen molar-refractivity contribution in [1.82, 2.24) is 4.90 Å². The van der Waals surface area contributed by atoms with Crippen LogP contribution >= 0.6 is 0 Å². The van der Waals surface area contributed by atoms with Crippen molar-refractivity contribution in [2.45, 2.75) is 24.7 Å². The summed E-state index contributed by atoms with van der Waals surface area (Å²) in [6, 6.07) is 30.9. The van der Waals surface area contributed by atoms with Gasteiger partial charge >= 0.3 is 0 Å². The van der Waals surface area contributed by atoms with E-state index in [4.69, 9.17) is 0 Å². The summed E-state index contributed by atoms with van der Waals surface area (Å²) in [5, 5.41) is 0. The lowest BCUT2D eigenvalue weighted by atomic mass is 9.75. The van der Waals surface area contributed by atoms with Gasteiger partial charge in [-0.2, -0.15) is 0 Å². The van der Waals surface area contributed by atoms with Gasteiger partial charge in [0.1, 0.15) is 0 Å². The van der Waals surface area contributed by atoms with Gasteiger partial charge < -0.3 is 4.90 Å². The smallest absolute Gasteiger partial charge is 0.237 e. The molecule has 1 atom stereocenters. The summed E-state index contributed by atoms with van der Waals surface area (Å²) >= 11 is 0. The lowest BCUT2D eigenvalue weighted by Crippen LogP contribution is -2.45. The lowest BCUT2D eigenvalue weighted by Gasteiger charge is -2.34. The van der Waals surface area contributed by atoms with Crippen LogP contribution in [0.15, 0.2) is 91.0 Å². The summed E-state index contributed by atoms with van der Waals surface area (Å²) in [5.41, 5.74) is 2.75. The van der Waals surface area contributed by atoms with E-state index in [1.807, 2.05) is 42.5 Å². The van der Waals surface area contributed by atoms with Gasteiger partial charge in [-0.3, -0.25) is 4.79 Å². The Morgan fingerprint density at radius 3 is 1.81 bits per heavy atom. The minimum absolute atomic E-state index is 0.193. The van der Waals surface area contributed by atoms with Crippen molar-refractivity contribution in [2.75, 3.05) is 13.1 Å². The fourth-order valence-corrected chi connectivity index (χ4v) is 4.21. The van der Waals surface area contributed by atoms with Gasteiger partial charge in [-0.15, -0.1) is 0 Å². The Bertz CT molecular complexity index is 850. The van der Waals surface area contributed by atoms with Gasteiger partial charge in [0.05, 0.1) is 5.41 Å². The van der Waals surface area contributed by atoms with E-state index in [0.717, 1.165) is 30.6 Å². The van der Waals surface area contributed by atoms with Gasteiger partial charge in [-0.05, 0) is 30.0 Å². The van der Waals surface area contributed by atoms with Crippen molar-refractivity contribution in [3.8, 4) is 0 Å². The lowest BCUT2D eigenvalue weighted by molar-refractivity contribution is -0.134. The standard InChI is InChI=1S/C25H25NO/c1-25(22-13-7-3-8-14-22,23-15-9-4-10-16-23)24(27)26-18-17-21(19-26)20-11-5-2-6-12-20/h2-16,21H,17-19H2,1H3/t21-/m1/s1. The number of hydrogen-bond acceptors (Lipinski definition) is 1. The molecule has 0 aliphatic carbocycles. The summed E-state index contributed by atoms with van der Waals surface area (Å²) in [6.07, 6.45) is 1.02. The maximum atomic E-state index is 13.8. The molecular formula is C25H25NO. The molecule has 0 saturated carbocycles. The van der Waals surface area contributed by atoms with Gasteiger partial charge in [-0.25, -0.2) is 0 Å². The molecule has 3 aromatic rings. The average Bonchev–Trinajstić information content (AvgIpc) is 3.25. The number of likely N-dealkylation sites (tertiary alicyclic amines) is 1. The number of carbonyl (C=O) groups excluding carboxylic acids is 1. The minimum atomic E-state index is -0.673. The SMILES string of the molecule is CC(C(=O)N1CC[C@@H](c2ccccc2)C1)(c1ccccc1)c1ccccc1. The maximum Gasteiger partial charge on any atom is 0.237 e. The molecule has 1 fully saturated rings. The Labute approximate surface area is 161 Å². The molecule has 1 aliphatic rings.